The number of rotatable bonds is 3. The molecule has 0 aliphatic heterocycles. The van der Waals surface area contributed by atoms with E-state index in [1.807, 2.05) is 0 Å². The third-order valence-corrected chi connectivity index (χ3v) is 3.80. The Kier molecular flexibility index (Phi) is 4.43. The fraction of sp³-hybridized carbons (Fsp3) is 0.273. The zero-order valence-electron chi connectivity index (χ0n) is 7.53. The fourth-order valence-corrected chi connectivity index (χ4v) is 3.24. The van der Waals surface area contributed by atoms with E-state index in [-0.39, 0.29) is 20.9 Å². The fourth-order valence-electron chi connectivity index (χ4n) is 0.774. The van der Waals surface area contributed by atoms with E-state index < -0.39 is 0 Å². The van der Waals surface area contributed by atoms with Crippen molar-refractivity contribution in [1.82, 2.24) is 0 Å². The summed E-state index contributed by atoms with van der Waals surface area (Å²) in [5.74, 6) is 0.693. The number of hydrogen-bond acceptors (Lipinski definition) is 0. The van der Waals surface area contributed by atoms with Crippen molar-refractivity contribution in [2.45, 2.75) is 13.8 Å². The Labute approximate surface area is 84.8 Å². The van der Waals surface area contributed by atoms with Crippen molar-refractivity contribution in [1.29, 1.82) is 0 Å². The number of benzene rings is 1. The molecule has 0 bridgehead atoms. The van der Waals surface area contributed by atoms with Gasteiger partial charge in [0, 0.05) is 0 Å². The minimum atomic E-state index is -0.0586. The quantitative estimate of drug-likeness (QED) is 0.741. The van der Waals surface area contributed by atoms with Gasteiger partial charge < -0.3 is 0 Å². The van der Waals surface area contributed by atoms with Crippen LogP contribution in [0.15, 0.2) is 40.5 Å². The molecule has 0 aliphatic rings. The molecule has 0 amide bonds. The Morgan fingerprint density at radius 2 is 1.83 bits per heavy atom. The first kappa shape index (κ1) is 9.83. The Hall–Kier alpha value is -0.250. The van der Waals surface area contributed by atoms with Crippen molar-refractivity contribution in [2.75, 3.05) is 0 Å². The van der Waals surface area contributed by atoms with Crippen LogP contribution in [0.1, 0.15) is 13.8 Å². The Morgan fingerprint density at radius 3 is 2.42 bits per heavy atom. The molecule has 0 aromatic heterocycles. The van der Waals surface area contributed by atoms with Gasteiger partial charge >= 0.3 is 84.8 Å². The molecule has 64 valence electrons. The van der Waals surface area contributed by atoms with Gasteiger partial charge in [-0.3, -0.25) is 0 Å². The molecule has 0 saturated carbocycles. The second-order valence-electron chi connectivity index (χ2n) is 3.00. The van der Waals surface area contributed by atoms with Gasteiger partial charge in [-0.1, -0.05) is 0 Å². The zero-order valence-corrected chi connectivity index (χ0v) is 9.86. The summed E-state index contributed by atoms with van der Waals surface area (Å²) in [7, 11) is 0. The number of hydrogen-bond donors (Lipinski definition) is 0. The van der Waals surface area contributed by atoms with Gasteiger partial charge in [0.2, 0.25) is 0 Å². The van der Waals surface area contributed by atoms with Crippen LogP contribution < -0.4 is 3.61 Å². The molecule has 0 aliphatic carbocycles. The maximum absolute atomic E-state index is 2.37. The SMILES string of the molecule is CC(C)/C=C\[Te]c1ccccc1. The van der Waals surface area contributed by atoms with Crippen molar-refractivity contribution >= 4 is 24.5 Å². The van der Waals surface area contributed by atoms with Gasteiger partial charge in [-0.05, 0) is 0 Å². The molecule has 0 unspecified atom stereocenters. The molecule has 1 aromatic carbocycles. The van der Waals surface area contributed by atoms with Crippen molar-refractivity contribution in [3.63, 3.8) is 0 Å². The summed E-state index contributed by atoms with van der Waals surface area (Å²) >= 11 is -0.0586. The average Bonchev–Trinajstić information content (AvgIpc) is 2.05. The molecule has 0 spiro atoms. The van der Waals surface area contributed by atoms with Crippen LogP contribution in [0.3, 0.4) is 0 Å². The van der Waals surface area contributed by atoms with E-state index in [1.54, 1.807) is 0 Å². The Morgan fingerprint density at radius 1 is 1.17 bits per heavy atom. The summed E-state index contributed by atoms with van der Waals surface area (Å²) in [5, 5.41) is 0. The van der Waals surface area contributed by atoms with Crippen LogP contribution in [0.4, 0.5) is 0 Å². The van der Waals surface area contributed by atoms with Gasteiger partial charge in [0.05, 0.1) is 0 Å². The van der Waals surface area contributed by atoms with Crippen LogP contribution in [-0.2, 0) is 0 Å². The third kappa shape index (κ3) is 3.95. The zero-order chi connectivity index (χ0) is 8.81. The second-order valence-corrected chi connectivity index (χ2v) is 5.80. The maximum atomic E-state index is 2.37. The molecule has 0 fully saturated rings. The molecule has 0 radical (unpaired) electrons. The number of allylic oxidation sites excluding steroid dienone is 1. The molecule has 0 N–H and O–H groups in total. The second kappa shape index (κ2) is 5.40. The molecular weight excluding hydrogens is 260 g/mol. The molecular formula is C11H14Te. The molecule has 0 heterocycles. The first-order valence-electron chi connectivity index (χ1n) is 4.17. The van der Waals surface area contributed by atoms with E-state index in [2.05, 4.69) is 54.4 Å². The van der Waals surface area contributed by atoms with Gasteiger partial charge in [-0.25, -0.2) is 0 Å². The van der Waals surface area contributed by atoms with Gasteiger partial charge in [-0.2, -0.15) is 0 Å². The van der Waals surface area contributed by atoms with Crippen molar-refractivity contribution in [3.05, 3.63) is 40.5 Å². The average molecular weight is 274 g/mol. The van der Waals surface area contributed by atoms with Crippen LogP contribution in [0, 0.1) is 5.92 Å². The van der Waals surface area contributed by atoms with E-state index in [9.17, 15) is 0 Å². The van der Waals surface area contributed by atoms with Crippen LogP contribution in [0.25, 0.3) is 0 Å². The Bertz CT molecular complexity index is 236. The van der Waals surface area contributed by atoms with Crippen molar-refractivity contribution < 1.29 is 0 Å². The molecule has 0 saturated heterocycles. The van der Waals surface area contributed by atoms with Gasteiger partial charge in [0.25, 0.3) is 0 Å². The first-order valence-corrected chi connectivity index (χ1v) is 6.68. The van der Waals surface area contributed by atoms with Crippen molar-refractivity contribution in [3.8, 4) is 0 Å². The summed E-state index contributed by atoms with van der Waals surface area (Å²) < 4.78 is 3.88. The molecule has 1 heteroatoms. The minimum absolute atomic E-state index is 0.0586. The molecule has 0 nitrogen and oxygen atoms in total. The standard InChI is InChI=1S/C11H14Te/c1-10(2)8-9-12-11-6-4-3-5-7-11/h3-10H,1-2H3/b9-8-. The topological polar surface area (TPSA) is 0 Å². The normalized spacial score (nSPS) is 11.2. The summed E-state index contributed by atoms with van der Waals surface area (Å²) in [6.45, 7) is 4.43. The van der Waals surface area contributed by atoms with E-state index in [4.69, 9.17) is 0 Å². The predicted octanol–water partition coefficient (Wildman–Crippen LogP) is 2.19. The van der Waals surface area contributed by atoms with Crippen LogP contribution in [0.2, 0.25) is 0 Å². The molecule has 1 rings (SSSR count). The van der Waals surface area contributed by atoms with E-state index in [0.717, 1.165) is 0 Å². The summed E-state index contributed by atoms with van der Waals surface area (Å²) in [4.78, 5) is 0. The van der Waals surface area contributed by atoms with Gasteiger partial charge in [0.1, 0.15) is 0 Å². The monoisotopic (exact) mass is 276 g/mol. The van der Waals surface area contributed by atoms with Crippen LogP contribution in [-0.4, -0.2) is 20.9 Å². The Balaban J connectivity index is 2.43. The van der Waals surface area contributed by atoms with Crippen molar-refractivity contribution in [2.24, 2.45) is 5.92 Å². The molecule has 1 aromatic rings. The third-order valence-electron chi connectivity index (χ3n) is 1.41. The van der Waals surface area contributed by atoms with E-state index in [1.165, 1.54) is 3.61 Å². The molecule has 12 heavy (non-hydrogen) atoms. The predicted molar refractivity (Wildman–Crippen MR) is 55.8 cm³/mol. The van der Waals surface area contributed by atoms with E-state index in [0.29, 0.717) is 5.92 Å². The molecule has 0 atom stereocenters. The first-order chi connectivity index (χ1) is 5.79. The van der Waals surface area contributed by atoms with Crippen LogP contribution in [0.5, 0.6) is 0 Å². The van der Waals surface area contributed by atoms with Crippen LogP contribution >= 0.6 is 0 Å². The summed E-state index contributed by atoms with van der Waals surface area (Å²) in [5.41, 5.74) is 0. The van der Waals surface area contributed by atoms with Gasteiger partial charge in [0.15, 0.2) is 0 Å². The van der Waals surface area contributed by atoms with Gasteiger partial charge in [-0.15, -0.1) is 0 Å². The van der Waals surface area contributed by atoms with E-state index >= 15 is 0 Å². The summed E-state index contributed by atoms with van der Waals surface area (Å²) in [6, 6.07) is 10.7. The summed E-state index contributed by atoms with van der Waals surface area (Å²) in [6.07, 6.45) is 2.30.